The van der Waals surface area contributed by atoms with Crippen molar-refractivity contribution in [2.75, 3.05) is 20.7 Å². The third-order valence-electron chi connectivity index (χ3n) is 2.23. The summed E-state index contributed by atoms with van der Waals surface area (Å²) < 4.78 is 10.2. The highest BCUT2D eigenvalue weighted by molar-refractivity contribution is 9.10. The molecule has 0 saturated carbocycles. The molecule has 1 aromatic rings. The predicted molar refractivity (Wildman–Crippen MR) is 64.6 cm³/mol. The molecule has 0 bridgehead atoms. The Hall–Kier alpha value is -1.30. The highest BCUT2D eigenvalue weighted by Crippen LogP contribution is 2.15. The maximum absolute atomic E-state index is 11.8. The average molecular weight is 304 g/mol. The Kier molecular flexibility index (Phi) is 5.21. The molecule has 0 aliphatic heterocycles. The van der Waals surface area contributed by atoms with E-state index >= 15 is 0 Å². The maximum atomic E-state index is 11.8. The van der Waals surface area contributed by atoms with E-state index in [1.165, 1.54) is 12.0 Å². The number of esters is 1. The number of ether oxygens (including phenoxy) is 1. The summed E-state index contributed by atoms with van der Waals surface area (Å²) in [5.41, 5.74) is 0. The van der Waals surface area contributed by atoms with Gasteiger partial charge in [0.25, 0.3) is 5.91 Å². The van der Waals surface area contributed by atoms with Crippen molar-refractivity contribution in [3.63, 3.8) is 0 Å². The van der Waals surface area contributed by atoms with Crippen molar-refractivity contribution in [2.45, 2.75) is 12.8 Å². The Morgan fingerprint density at radius 3 is 2.71 bits per heavy atom. The van der Waals surface area contributed by atoms with Gasteiger partial charge in [-0.05, 0) is 34.5 Å². The normalized spacial score (nSPS) is 10.1. The summed E-state index contributed by atoms with van der Waals surface area (Å²) >= 11 is 3.13. The van der Waals surface area contributed by atoms with Crippen LogP contribution >= 0.6 is 15.9 Å². The molecule has 0 aliphatic carbocycles. The van der Waals surface area contributed by atoms with Crippen LogP contribution in [0.2, 0.25) is 0 Å². The van der Waals surface area contributed by atoms with E-state index in [1.54, 1.807) is 19.2 Å². The lowest BCUT2D eigenvalue weighted by Crippen LogP contribution is -2.27. The van der Waals surface area contributed by atoms with Gasteiger partial charge in [0.05, 0.1) is 7.11 Å². The van der Waals surface area contributed by atoms with Gasteiger partial charge >= 0.3 is 5.97 Å². The molecule has 0 aromatic carbocycles. The molecule has 0 atom stereocenters. The van der Waals surface area contributed by atoms with E-state index in [0.29, 0.717) is 24.1 Å². The van der Waals surface area contributed by atoms with Crippen LogP contribution in [0.15, 0.2) is 21.2 Å². The Labute approximate surface area is 108 Å². The second-order valence-corrected chi connectivity index (χ2v) is 4.29. The monoisotopic (exact) mass is 303 g/mol. The lowest BCUT2D eigenvalue weighted by Gasteiger charge is -2.14. The highest BCUT2D eigenvalue weighted by atomic mass is 79.9. The van der Waals surface area contributed by atoms with Crippen LogP contribution in [0.5, 0.6) is 0 Å². The molecule has 5 nitrogen and oxygen atoms in total. The summed E-state index contributed by atoms with van der Waals surface area (Å²) in [6, 6.07) is 3.26. The van der Waals surface area contributed by atoms with Crippen molar-refractivity contribution < 1.29 is 18.7 Å². The second kappa shape index (κ2) is 6.44. The van der Waals surface area contributed by atoms with Crippen molar-refractivity contribution >= 4 is 27.8 Å². The van der Waals surface area contributed by atoms with Gasteiger partial charge in [-0.1, -0.05) is 0 Å². The van der Waals surface area contributed by atoms with Crippen molar-refractivity contribution in [1.29, 1.82) is 0 Å². The van der Waals surface area contributed by atoms with E-state index in [9.17, 15) is 9.59 Å². The van der Waals surface area contributed by atoms with Crippen LogP contribution in [-0.4, -0.2) is 37.5 Å². The number of hydrogen-bond donors (Lipinski definition) is 0. The van der Waals surface area contributed by atoms with Crippen LogP contribution in [0.4, 0.5) is 0 Å². The molecular formula is C11H14BrNO4. The number of amides is 1. The van der Waals surface area contributed by atoms with E-state index in [0.717, 1.165) is 0 Å². The molecule has 0 saturated heterocycles. The first-order chi connectivity index (χ1) is 8.04. The Morgan fingerprint density at radius 1 is 1.47 bits per heavy atom. The standard InChI is InChI=1S/C11H14BrNO4/c1-13(7-3-4-10(14)16-2)11(15)8-5-6-9(12)17-8/h5-6H,3-4,7H2,1-2H3. The topological polar surface area (TPSA) is 59.8 Å². The second-order valence-electron chi connectivity index (χ2n) is 3.51. The molecule has 0 radical (unpaired) electrons. The third kappa shape index (κ3) is 4.22. The SMILES string of the molecule is COC(=O)CCCN(C)C(=O)c1ccc(Br)o1. The van der Waals surface area contributed by atoms with Gasteiger partial charge in [0.2, 0.25) is 0 Å². The molecule has 0 N–H and O–H groups in total. The fraction of sp³-hybridized carbons (Fsp3) is 0.455. The lowest BCUT2D eigenvalue weighted by molar-refractivity contribution is -0.140. The predicted octanol–water partition coefficient (Wildman–Crippen LogP) is 2.07. The maximum Gasteiger partial charge on any atom is 0.305 e. The first kappa shape index (κ1) is 13.8. The van der Waals surface area contributed by atoms with Crippen LogP contribution < -0.4 is 0 Å². The quantitative estimate of drug-likeness (QED) is 0.781. The summed E-state index contributed by atoms with van der Waals surface area (Å²) in [6.45, 7) is 0.478. The Balaban J connectivity index is 2.40. The minimum atomic E-state index is -0.272. The molecule has 0 fully saturated rings. The van der Waals surface area contributed by atoms with Crippen molar-refractivity contribution in [3.8, 4) is 0 Å². The molecule has 1 amide bonds. The summed E-state index contributed by atoms with van der Waals surface area (Å²) in [4.78, 5) is 24.2. The molecular weight excluding hydrogens is 290 g/mol. The molecule has 1 heterocycles. The van der Waals surface area contributed by atoms with Gasteiger partial charge < -0.3 is 14.1 Å². The number of halogens is 1. The minimum absolute atomic E-state index is 0.208. The van der Waals surface area contributed by atoms with Gasteiger partial charge in [0.15, 0.2) is 10.4 Å². The third-order valence-corrected chi connectivity index (χ3v) is 2.66. The number of methoxy groups -OCH3 is 1. The van der Waals surface area contributed by atoms with Crippen LogP contribution in [0.1, 0.15) is 23.4 Å². The molecule has 0 aliphatic rings. The van der Waals surface area contributed by atoms with Gasteiger partial charge in [0, 0.05) is 20.0 Å². The fourth-order valence-corrected chi connectivity index (χ4v) is 1.59. The lowest BCUT2D eigenvalue weighted by atomic mass is 10.3. The number of nitrogens with zero attached hydrogens (tertiary/aromatic N) is 1. The zero-order chi connectivity index (χ0) is 12.8. The fourth-order valence-electron chi connectivity index (χ4n) is 1.28. The van der Waals surface area contributed by atoms with E-state index in [1.807, 2.05) is 0 Å². The van der Waals surface area contributed by atoms with Gasteiger partial charge in [-0.15, -0.1) is 0 Å². The molecule has 6 heteroatoms. The van der Waals surface area contributed by atoms with Crippen molar-refractivity contribution in [3.05, 3.63) is 22.6 Å². The largest absolute Gasteiger partial charge is 0.469 e. The van der Waals surface area contributed by atoms with Gasteiger partial charge in [0.1, 0.15) is 0 Å². The smallest absolute Gasteiger partial charge is 0.305 e. The van der Waals surface area contributed by atoms with Crippen LogP contribution in [0.25, 0.3) is 0 Å². The van der Waals surface area contributed by atoms with E-state index < -0.39 is 0 Å². The van der Waals surface area contributed by atoms with E-state index in [4.69, 9.17) is 4.42 Å². The average Bonchev–Trinajstić information content (AvgIpc) is 2.74. The van der Waals surface area contributed by atoms with Crippen LogP contribution in [0.3, 0.4) is 0 Å². The number of carbonyl (C=O) groups excluding carboxylic acids is 2. The summed E-state index contributed by atoms with van der Waals surface area (Å²) in [5.74, 6) is -0.204. The van der Waals surface area contributed by atoms with Gasteiger partial charge in [-0.3, -0.25) is 9.59 Å². The first-order valence-corrected chi connectivity index (χ1v) is 5.91. The molecule has 17 heavy (non-hydrogen) atoms. The van der Waals surface area contributed by atoms with Gasteiger partial charge in [-0.2, -0.15) is 0 Å². The minimum Gasteiger partial charge on any atom is -0.469 e. The van der Waals surface area contributed by atoms with E-state index in [2.05, 4.69) is 20.7 Å². The summed E-state index contributed by atoms with van der Waals surface area (Å²) in [6.07, 6.45) is 0.868. The molecule has 94 valence electrons. The van der Waals surface area contributed by atoms with Gasteiger partial charge in [-0.25, -0.2) is 0 Å². The number of furan rings is 1. The van der Waals surface area contributed by atoms with E-state index in [-0.39, 0.29) is 17.6 Å². The summed E-state index contributed by atoms with van der Waals surface area (Å²) in [5, 5.41) is 0. The van der Waals surface area contributed by atoms with Crippen LogP contribution in [-0.2, 0) is 9.53 Å². The number of carbonyl (C=O) groups is 2. The first-order valence-electron chi connectivity index (χ1n) is 5.12. The Bertz CT molecular complexity index is 402. The summed E-state index contributed by atoms with van der Waals surface area (Å²) in [7, 11) is 3.01. The van der Waals surface area contributed by atoms with Crippen molar-refractivity contribution in [1.82, 2.24) is 4.90 Å². The number of rotatable bonds is 5. The van der Waals surface area contributed by atoms with Crippen LogP contribution in [0, 0.1) is 0 Å². The molecule has 1 rings (SSSR count). The van der Waals surface area contributed by atoms with Crippen molar-refractivity contribution in [2.24, 2.45) is 0 Å². The molecule has 1 aromatic heterocycles. The zero-order valence-electron chi connectivity index (χ0n) is 9.73. The Morgan fingerprint density at radius 2 is 2.18 bits per heavy atom. The highest BCUT2D eigenvalue weighted by Gasteiger charge is 2.15. The molecule has 0 unspecified atom stereocenters. The zero-order valence-corrected chi connectivity index (χ0v) is 11.3. The molecule has 0 spiro atoms. The number of hydrogen-bond acceptors (Lipinski definition) is 4.